The lowest BCUT2D eigenvalue weighted by atomic mass is 9.95. The van der Waals surface area contributed by atoms with Crippen LogP contribution in [-0.4, -0.2) is 39.6 Å². The molecular weight excluding hydrogens is 315 g/mol. The van der Waals surface area contributed by atoms with Crippen molar-refractivity contribution in [2.75, 3.05) is 13.1 Å². The van der Waals surface area contributed by atoms with E-state index < -0.39 is 12.7 Å². The zero-order chi connectivity index (χ0) is 15.7. The van der Waals surface area contributed by atoms with E-state index in [-0.39, 0.29) is 11.6 Å². The molecule has 1 saturated heterocycles. The second kappa shape index (κ2) is 5.75. The van der Waals surface area contributed by atoms with Gasteiger partial charge in [0.25, 0.3) is 5.91 Å². The molecule has 0 saturated carbocycles. The second-order valence-corrected chi connectivity index (χ2v) is 6.44. The summed E-state index contributed by atoms with van der Waals surface area (Å²) in [6, 6.07) is 4.06. The number of thiophene rings is 1. The number of hydrogen-bond donors (Lipinski definition) is 0. The molecule has 0 radical (unpaired) electrons. The summed E-state index contributed by atoms with van der Waals surface area (Å²) in [5.41, 5.74) is 0.0684. The summed E-state index contributed by atoms with van der Waals surface area (Å²) in [6.07, 6.45) is -1.18. The first kappa shape index (κ1) is 15.1. The van der Waals surface area contributed by atoms with Crippen molar-refractivity contribution in [1.82, 2.24) is 14.5 Å². The summed E-state index contributed by atoms with van der Waals surface area (Å²) >= 11 is 1.69. The fourth-order valence-electron chi connectivity index (χ4n) is 2.50. The van der Waals surface area contributed by atoms with E-state index >= 15 is 0 Å². The average Bonchev–Trinajstić information content (AvgIpc) is 3.01. The van der Waals surface area contributed by atoms with E-state index in [0.29, 0.717) is 19.0 Å². The molecule has 3 heterocycles. The van der Waals surface area contributed by atoms with Crippen LogP contribution in [0.3, 0.4) is 0 Å². The van der Waals surface area contributed by atoms with Crippen LogP contribution in [0.2, 0.25) is 0 Å². The zero-order valence-electron chi connectivity index (χ0n) is 11.6. The third kappa shape index (κ3) is 3.49. The number of amides is 1. The number of rotatable bonds is 4. The zero-order valence-corrected chi connectivity index (χ0v) is 12.4. The summed E-state index contributed by atoms with van der Waals surface area (Å²) in [5, 5.41) is 2.02. The molecule has 8 heteroatoms. The van der Waals surface area contributed by atoms with E-state index in [2.05, 4.69) is 11.1 Å². The third-order valence-corrected chi connectivity index (χ3v) is 4.43. The summed E-state index contributed by atoms with van der Waals surface area (Å²) in [4.78, 5) is 18.8. The summed E-state index contributed by atoms with van der Waals surface area (Å²) in [7, 11) is 0. The number of carbonyl (C=O) groups is 1. The number of imidazole rings is 1. The molecular formula is C14H14F3N3OS. The molecule has 22 heavy (non-hydrogen) atoms. The van der Waals surface area contributed by atoms with Crippen LogP contribution < -0.4 is 0 Å². The molecule has 1 fully saturated rings. The molecule has 4 nitrogen and oxygen atoms in total. The molecule has 1 aliphatic rings. The lowest BCUT2D eigenvalue weighted by Gasteiger charge is -2.38. The largest absolute Gasteiger partial charge is 0.406 e. The van der Waals surface area contributed by atoms with Gasteiger partial charge in [-0.15, -0.1) is 11.3 Å². The molecule has 3 rings (SSSR count). The monoisotopic (exact) mass is 329 g/mol. The number of halogens is 3. The average molecular weight is 329 g/mol. The molecule has 2 aromatic rings. The van der Waals surface area contributed by atoms with Crippen LogP contribution in [0.15, 0.2) is 30.0 Å². The van der Waals surface area contributed by atoms with Crippen LogP contribution >= 0.6 is 11.3 Å². The maximum absolute atomic E-state index is 12.3. The van der Waals surface area contributed by atoms with Gasteiger partial charge in [0.15, 0.2) is 0 Å². The highest BCUT2D eigenvalue weighted by Crippen LogP contribution is 2.24. The van der Waals surface area contributed by atoms with E-state index in [4.69, 9.17) is 0 Å². The highest BCUT2D eigenvalue weighted by Gasteiger charge is 2.33. The standard InChI is InChI=1S/C14H14F3N3OS/c15-14(16,17)8-19-7-12(18-9-19)13(21)20-5-10(6-20)4-11-2-1-3-22-11/h1-3,7,9-10H,4-6,8H2. The topological polar surface area (TPSA) is 38.1 Å². The first-order valence-corrected chi connectivity index (χ1v) is 7.69. The lowest BCUT2D eigenvalue weighted by molar-refractivity contribution is -0.140. The van der Waals surface area contributed by atoms with Gasteiger partial charge in [-0.25, -0.2) is 4.98 Å². The van der Waals surface area contributed by atoms with Gasteiger partial charge in [0.2, 0.25) is 0 Å². The molecule has 0 N–H and O–H groups in total. The minimum absolute atomic E-state index is 0.0684. The Balaban J connectivity index is 1.53. The Labute approximate surface area is 129 Å². The van der Waals surface area contributed by atoms with Crippen LogP contribution in [0.4, 0.5) is 13.2 Å². The predicted octanol–water partition coefficient (Wildman–Crippen LogP) is 2.82. The molecule has 118 valence electrons. The molecule has 0 atom stereocenters. The molecule has 0 bridgehead atoms. The van der Waals surface area contributed by atoms with Crippen LogP contribution in [0.5, 0.6) is 0 Å². The minimum atomic E-state index is -4.32. The molecule has 1 aliphatic heterocycles. The summed E-state index contributed by atoms with van der Waals surface area (Å²) in [5.74, 6) is 0.114. The SMILES string of the molecule is O=C(c1cn(CC(F)(F)F)cn1)N1CC(Cc2cccs2)C1. The number of carbonyl (C=O) groups excluding carboxylic acids is 1. The van der Waals surface area contributed by atoms with Gasteiger partial charge in [-0.3, -0.25) is 4.79 Å². The summed E-state index contributed by atoms with van der Waals surface area (Å²) < 4.78 is 37.7. The normalized spacial score (nSPS) is 15.9. The van der Waals surface area contributed by atoms with Crippen LogP contribution in [-0.2, 0) is 13.0 Å². The van der Waals surface area contributed by atoms with Gasteiger partial charge in [0.05, 0.1) is 6.33 Å². The van der Waals surface area contributed by atoms with Crippen molar-refractivity contribution in [1.29, 1.82) is 0 Å². The van der Waals surface area contributed by atoms with Crippen molar-refractivity contribution in [2.45, 2.75) is 19.1 Å². The van der Waals surface area contributed by atoms with Crippen molar-refractivity contribution < 1.29 is 18.0 Å². The molecule has 2 aromatic heterocycles. The van der Waals surface area contributed by atoms with Crippen molar-refractivity contribution in [3.05, 3.63) is 40.6 Å². The Hall–Kier alpha value is -1.83. The fourth-order valence-corrected chi connectivity index (χ4v) is 3.33. The second-order valence-electron chi connectivity index (χ2n) is 5.41. The van der Waals surface area contributed by atoms with Crippen molar-refractivity contribution in [2.24, 2.45) is 5.92 Å². The van der Waals surface area contributed by atoms with Gasteiger partial charge in [0.1, 0.15) is 12.2 Å². The van der Waals surface area contributed by atoms with Crippen molar-refractivity contribution in [3.63, 3.8) is 0 Å². The number of alkyl halides is 3. The fraction of sp³-hybridized carbons (Fsp3) is 0.429. The molecule has 1 amide bonds. The van der Waals surface area contributed by atoms with Crippen molar-refractivity contribution >= 4 is 17.2 Å². The van der Waals surface area contributed by atoms with Gasteiger partial charge in [-0.1, -0.05) is 6.07 Å². The number of aromatic nitrogens is 2. The van der Waals surface area contributed by atoms with Crippen LogP contribution in [0.1, 0.15) is 15.4 Å². The van der Waals surface area contributed by atoms with E-state index in [0.717, 1.165) is 23.5 Å². The number of likely N-dealkylation sites (tertiary alicyclic amines) is 1. The lowest BCUT2D eigenvalue weighted by Crippen LogP contribution is -2.50. The van der Waals surface area contributed by atoms with Gasteiger partial charge in [0, 0.05) is 24.2 Å². The van der Waals surface area contributed by atoms with E-state index in [1.807, 2.05) is 11.4 Å². The van der Waals surface area contributed by atoms with E-state index in [1.54, 1.807) is 16.2 Å². The molecule has 0 unspecified atom stereocenters. The number of hydrogen-bond acceptors (Lipinski definition) is 3. The molecule has 0 aromatic carbocycles. The third-order valence-electron chi connectivity index (χ3n) is 3.53. The van der Waals surface area contributed by atoms with Gasteiger partial charge >= 0.3 is 6.18 Å². The van der Waals surface area contributed by atoms with Crippen LogP contribution in [0.25, 0.3) is 0 Å². The Morgan fingerprint density at radius 1 is 1.41 bits per heavy atom. The Morgan fingerprint density at radius 2 is 2.18 bits per heavy atom. The molecule has 0 spiro atoms. The van der Waals surface area contributed by atoms with Gasteiger partial charge in [-0.05, 0) is 23.8 Å². The minimum Gasteiger partial charge on any atom is -0.337 e. The van der Waals surface area contributed by atoms with E-state index in [9.17, 15) is 18.0 Å². The van der Waals surface area contributed by atoms with Crippen molar-refractivity contribution in [3.8, 4) is 0 Å². The first-order chi connectivity index (χ1) is 10.4. The Kier molecular flexibility index (Phi) is 3.94. The first-order valence-electron chi connectivity index (χ1n) is 6.81. The van der Waals surface area contributed by atoms with Crippen LogP contribution in [0, 0.1) is 5.92 Å². The Bertz CT molecular complexity index is 645. The van der Waals surface area contributed by atoms with E-state index in [1.165, 1.54) is 4.88 Å². The summed E-state index contributed by atoms with van der Waals surface area (Å²) in [6.45, 7) is 0.125. The van der Waals surface area contributed by atoms with Gasteiger partial charge in [-0.2, -0.15) is 13.2 Å². The Morgan fingerprint density at radius 3 is 2.82 bits per heavy atom. The molecule has 0 aliphatic carbocycles. The van der Waals surface area contributed by atoms with Gasteiger partial charge < -0.3 is 9.47 Å². The highest BCUT2D eigenvalue weighted by molar-refractivity contribution is 7.09. The smallest absolute Gasteiger partial charge is 0.337 e. The highest BCUT2D eigenvalue weighted by atomic mass is 32.1. The maximum Gasteiger partial charge on any atom is 0.406 e. The maximum atomic E-state index is 12.3. The number of nitrogens with zero attached hydrogens (tertiary/aromatic N) is 3. The quantitative estimate of drug-likeness (QED) is 0.865. The predicted molar refractivity (Wildman–Crippen MR) is 75.7 cm³/mol.